The van der Waals surface area contributed by atoms with Crippen molar-refractivity contribution in [2.24, 2.45) is 0 Å². The Morgan fingerprint density at radius 1 is 0.846 bits per heavy atom. The van der Waals surface area contributed by atoms with Gasteiger partial charge in [-0.15, -0.1) is 0 Å². The lowest BCUT2D eigenvalue weighted by molar-refractivity contribution is -0.387. The summed E-state index contributed by atoms with van der Waals surface area (Å²) in [5, 5.41) is 10.5. The van der Waals surface area contributed by atoms with Crippen LogP contribution in [0.25, 0.3) is 0 Å². The van der Waals surface area contributed by atoms with Crippen LogP contribution in [0.4, 0.5) is 11.4 Å². The van der Waals surface area contributed by atoms with E-state index in [1.54, 1.807) is 18.2 Å². The van der Waals surface area contributed by atoms with Gasteiger partial charge in [-0.3, -0.25) is 10.1 Å². The molecular weight excluding hydrogens is 384 g/mol. The van der Waals surface area contributed by atoms with Gasteiger partial charge >= 0.3 is 0 Å². The largest absolute Gasteiger partial charge is 0.398 e. The Hall–Kier alpha value is -2.54. The Balaban J connectivity index is 0.000000263. The number of hydrogen-bond acceptors (Lipinski definition) is 7. The fourth-order valence-corrected chi connectivity index (χ4v) is 3.53. The number of nitrogen functional groups attached to an aromatic ring is 1. The van der Waals surface area contributed by atoms with Gasteiger partial charge in [0.2, 0.25) is 20.0 Å². The standard InChI is InChI=1S/C7H8N2O4S.C7H10N2O2S/c1-8-14(12,13)7-5-3-2-4-6(7)9(10)11;1-9-12(10,11)7-5-3-2-4-6(7)8/h2-5,8H,1H3;2-5,9H,8H2,1H3. The smallest absolute Gasteiger partial charge is 0.289 e. The molecule has 2 aromatic carbocycles. The van der Waals surface area contributed by atoms with Gasteiger partial charge in [0.05, 0.1) is 10.6 Å². The second-order valence-corrected chi connectivity index (χ2v) is 8.39. The summed E-state index contributed by atoms with van der Waals surface area (Å²) < 4.78 is 49.3. The molecule has 2 aromatic rings. The summed E-state index contributed by atoms with van der Waals surface area (Å²) in [5.74, 6) is 0. The summed E-state index contributed by atoms with van der Waals surface area (Å²) in [6, 6.07) is 11.5. The first-order valence-electron chi connectivity index (χ1n) is 7.02. The Labute approximate surface area is 151 Å². The average Bonchev–Trinajstić information content (AvgIpc) is 2.62. The van der Waals surface area contributed by atoms with E-state index in [2.05, 4.69) is 4.72 Å². The van der Waals surface area contributed by atoms with Gasteiger partial charge in [0.1, 0.15) is 4.90 Å². The SMILES string of the molecule is CNS(=O)(=O)c1ccccc1N.CNS(=O)(=O)c1ccccc1[N+](=O)[O-]. The van der Waals surface area contributed by atoms with Crippen LogP contribution in [0, 0.1) is 10.1 Å². The van der Waals surface area contributed by atoms with Crippen molar-refractivity contribution < 1.29 is 21.8 Å². The summed E-state index contributed by atoms with van der Waals surface area (Å²) in [4.78, 5) is 9.56. The fraction of sp³-hybridized carbons (Fsp3) is 0.143. The van der Waals surface area contributed by atoms with Crippen molar-refractivity contribution >= 4 is 31.4 Å². The van der Waals surface area contributed by atoms with Crippen LogP contribution in [0.5, 0.6) is 0 Å². The summed E-state index contributed by atoms with van der Waals surface area (Å²) in [5.41, 5.74) is 5.29. The van der Waals surface area contributed by atoms with E-state index in [1.165, 1.54) is 38.4 Å². The van der Waals surface area contributed by atoms with Crippen molar-refractivity contribution in [3.8, 4) is 0 Å². The molecule has 0 aliphatic heterocycles. The summed E-state index contributed by atoms with van der Waals surface area (Å²) in [6.07, 6.45) is 0. The number of nitro benzene ring substituents is 1. The monoisotopic (exact) mass is 402 g/mol. The minimum Gasteiger partial charge on any atom is -0.398 e. The Kier molecular flexibility index (Phi) is 7.20. The minimum absolute atomic E-state index is 0.118. The van der Waals surface area contributed by atoms with Crippen molar-refractivity contribution in [1.29, 1.82) is 0 Å². The third-order valence-electron chi connectivity index (χ3n) is 3.10. The van der Waals surface area contributed by atoms with E-state index in [0.717, 1.165) is 6.07 Å². The molecule has 0 saturated heterocycles. The molecule has 0 fully saturated rings. The van der Waals surface area contributed by atoms with E-state index in [-0.39, 0.29) is 15.5 Å². The number of sulfonamides is 2. The zero-order valence-electron chi connectivity index (χ0n) is 13.9. The van der Waals surface area contributed by atoms with Crippen LogP contribution < -0.4 is 15.2 Å². The molecule has 0 amide bonds. The number of anilines is 1. The minimum atomic E-state index is -3.77. The molecule has 2 rings (SSSR count). The molecule has 0 atom stereocenters. The van der Waals surface area contributed by atoms with Crippen LogP contribution >= 0.6 is 0 Å². The van der Waals surface area contributed by atoms with E-state index in [0.29, 0.717) is 0 Å². The van der Waals surface area contributed by atoms with Crippen LogP contribution in [-0.4, -0.2) is 35.9 Å². The normalized spacial score (nSPS) is 11.3. The second kappa shape index (κ2) is 8.71. The maximum Gasteiger partial charge on any atom is 0.289 e. The fourth-order valence-electron chi connectivity index (χ4n) is 1.78. The molecule has 0 aliphatic carbocycles. The number of nitrogens with one attached hydrogen (secondary N) is 2. The molecule has 26 heavy (non-hydrogen) atoms. The molecule has 0 bridgehead atoms. The Morgan fingerprint density at radius 2 is 1.27 bits per heavy atom. The molecule has 142 valence electrons. The molecule has 0 heterocycles. The molecule has 0 unspecified atom stereocenters. The van der Waals surface area contributed by atoms with Crippen LogP contribution in [0.3, 0.4) is 0 Å². The number of rotatable bonds is 5. The molecule has 0 radical (unpaired) electrons. The highest BCUT2D eigenvalue weighted by atomic mass is 32.2. The quantitative estimate of drug-likeness (QED) is 0.376. The lowest BCUT2D eigenvalue weighted by Crippen LogP contribution is -2.19. The number of benzene rings is 2. The number of hydrogen-bond donors (Lipinski definition) is 3. The Bertz CT molecular complexity index is 990. The Morgan fingerprint density at radius 3 is 1.73 bits per heavy atom. The second-order valence-electron chi connectivity index (χ2n) is 4.68. The van der Waals surface area contributed by atoms with Crippen molar-refractivity contribution in [2.45, 2.75) is 9.79 Å². The topological polar surface area (TPSA) is 162 Å². The lowest BCUT2D eigenvalue weighted by Gasteiger charge is -2.04. The molecule has 0 spiro atoms. The van der Waals surface area contributed by atoms with E-state index in [9.17, 15) is 26.9 Å². The lowest BCUT2D eigenvalue weighted by atomic mass is 10.3. The van der Waals surface area contributed by atoms with Crippen molar-refractivity contribution in [1.82, 2.24) is 9.44 Å². The first kappa shape index (κ1) is 21.5. The van der Waals surface area contributed by atoms with Gasteiger partial charge in [-0.1, -0.05) is 24.3 Å². The molecule has 0 saturated carbocycles. The van der Waals surface area contributed by atoms with Crippen molar-refractivity contribution in [2.75, 3.05) is 19.8 Å². The third kappa shape index (κ3) is 5.23. The molecule has 0 aromatic heterocycles. The van der Waals surface area contributed by atoms with E-state index in [1.807, 2.05) is 4.72 Å². The van der Waals surface area contributed by atoms with Gasteiger partial charge in [0.25, 0.3) is 5.69 Å². The number of nitrogens with two attached hydrogens (primary N) is 1. The third-order valence-corrected chi connectivity index (χ3v) is 6.05. The van der Waals surface area contributed by atoms with Crippen molar-refractivity contribution in [3.05, 3.63) is 58.6 Å². The summed E-state index contributed by atoms with van der Waals surface area (Å²) in [7, 11) is -4.62. The zero-order chi connectivity index (χ0) is 20.0. The van der Waals surface area contributed by atoms with Gasteiger partial charge in [-0.05, 0) is 32.3 Å². The molecule has 12 heteroatoms. The van der Waals surface area contributed by atoms with Crippen LogP contribution in [0.1, 0.15) is 0 Å². The van der Waals surface area contributed by atoms with Crippen LogP contribution in [-0.2, 0) is 20.0 Å². The van der Waals surface area contributed by atoms with Gasteiger partial charge in [0, 0.05) is 6.07 Å². The van der Waals surface area contributed by atoms with Gasteiger partial charge in [-0.25, -0.2) is 26.3 Å². The molecule has 0 aliphatic rings. The number of para-hydroxylation sites is 2. The van der Waals surface area contributed by atoms with Crippen molar-refractivity contribution in [3.63, 3.8) is 0 Å². The highest BCUT2D eigenvalue weighted by molar-refractivity contribution is 7.90. The highest BCUT2D eigenvalue weighted by Crippen LogP contribution is 2.22. The predicted octanol–water partition coefficient (Wildman–Crippen LogP) is 0.680. The summed E-state index contributed by atoms with van der Waals surface area (Å²) >= 11 is 0. The van der Waals surface area contributed by atoms with Crippen LogP contribution in [0.15, 0.2) is 58.3 Å². The van der Waals surface area contributed by atoms with E-state index < -0.39 is 30.7 Å². The van der Waals surface area contributed by atoms with E-state index >= 15 is 0 Å². The molecule has 4 N–H and O–H groups in total. The van der Waals surface area contributed by atoms with Gasteiger partial charge in [-0.2, -0.15) is 0 Å². The first-order chi connectivity index (χ1) is 12.1. The summed E-state index contributed by atoms with van der Waals surface area (Å²) in [6.45, 7) is 0. The van der Waals surface area contributed by atoms with E-state index in [4.69, 9.17) is 5.73 Å². The zero-order valence-corrected chi connectivity index (χ0v) is 15.5. The number of nitro groups is 1. The van der Waals surface area contributed by atoms with Crippen LogP contribution in [0.2, 0.25) is 0 Å². The average molecular weight is 402 g/mol. The number of nitrogens with zero attached hydrogens (tertiary/aromatic N) is 1. The highest BCUT2D eigenvalue weighted by Gasteiger charge is 2.23. The first-order valence-corrected chi connectivity index (χ1v) is 9.98. The maximum absolute atomic E-state index is 11.3. The van der Waals surface area contributed by atoms with Gasteiger partial charge < -0.3 is 5.73 Å². The maximum atomic E-state index is 11.3. The molecular formula is C14H18N4O6S2. The molecule has 10 nitrogen and oxygen atoms in total. The van der Waals surface area contributed by atoms with Gasteiger partial charge in [0.15, 0.2) is 4.90 Å². The predicted molar refractivity (Wildman–Crippen MR) is 96.4 cm³/mol.